The first-order valence-electron chi connectivity index (χ1n) is 6.74. The molecule has 0 bridgehead atoms. The molecule has 0 aliphatic heterocycles. The van der Waals surface area contributed by atoms with Crippen molar-refractivity contribution in [1.82, 2.24) is 4.98 Å². The molecular weight excluding hydrogens is 391 g/mol. The number of nitrogens with one attached hydrogen (secondary N) is 1. The minimum Gasteiger partial charge on any atom is -0.484 e. The Kier molecular flexibility index (Phi) is 4.53. The van der Waals surface area contributed by atoms with Crippen LogP contribution in [0, 0.1) is 3.57 Å². The maximum atomic E-state index is 12.0. The van der Waals surface area contributed by atoms with Gasteiger partial charge in [-0.25, -0.2) is 0 Å². The zero-order chi connectivity index (χ0) is 15.4. The molecule has 22 heavy (non-hydrogen) atoms. The third-order valence-electron chi connectivity index (χ3n) is 3.10. The number of anilines is 1. The highest BCUT2D eigenvalue weighted by molar-refractivity contribution is 14.1. The predicted octanol–water partition coefficient (Wildman–Crippen LogP) is 3.86. The lowest BCUT2D eigenvalue weighted by Gasteiger charge is -2.09. The third-order valence-corrected chi connectivity index (χ3v) is 3.82. The van der Waals surface area contributed by atoms with Gasteiger partial charge in [-0.1, -0.05) is 6.07 Å². The number of aromatic nitrogens is 1. The Bertz CT molecular complexity index is 798. The fraction of sp³-hybridized carbons (Fsp3) is 0.0588. The molecule has 2 aromatic carbocycles. The van der Waals surface area contributed by atoms with Crippen LogP contribution in [-0.2, 0) is 4.79 Å². The van der Waals surface area contributed by atoms with E-state index in [1.54, 1.807) is 6.20 Å². The summed E-state index contributed by atoms with van der Waals surface area (Å²) in [7, 11) is 0. The van der Waals surface area contributed by atoms with Gasteiger partial charge in [-0.2, -0.15) is 0 Å². The van der Waals surface area contributed by atoms with E-state index in [1.165, 1.54) is 0 Å². The summed E-state index contributed by atoms with van der Waals surface area (Å²) >= 11 is 2.22. The second-order valence-corrected chi connectivity index (χ2v) is 5.91. The van der Waals surface area contributed by atoms with E-state index in [2.05, 4.69) is 32.9 Å². The standard InChI is InChI=1S/C17H13IN2O2/c18-12-6-8-13(9-7-12)22-11-17(21)20-16-5-1-4-15-14(16)3-2-10-19-15/h1-10H,11H2,(H,20,21). The van der Waals surface area contributed by atoms with Crippen molar-refractivity contribution >= 4 is 45.1 Å². The quantitative estimate of drug-likeness (QED) is 0.673. The molecule has 1 N–H and O–H groups in total. The minimum absolute atomic E-state index is 0.0305. The van der Waals surface area contributed by atoms with Gasteiger partial charge in [0, 0.05) is 15.2 Å². The Labute approximate surface area is 141 Å². The van der Waals surface area contributed by atoms with E-state index < -0.39 is 0 Å². The average molecular weight is 404 g/mol. The topological polar surface area (TPSA) is 51.2 Å². The summed E-state index contributed by atoms with van der Waals surface area (Å²) in [5, 5.41) is 3.77. The maximum absolute atomic E-state index is 12.0. The van der Waals surface area contributed by atoms with Crippen molar-refractivity contribution in [2.45, 2.75) is 0 Å². The highest BCUT2D eigenvalue weighted by Gasteiger charge is 2.07. The lowest BCUT2D eigenvalue weighted by molar-refractivity contribution is -0.118. The fourth-order valence-corrected chi connectivity index (χ4v) is 2.44. The largest absolute Gasteiger partial charge is 0.484 e. The second-order valence-electron chi connectivity index (χ2n) is 4.67. The molecule has 0 aliphatic rings. The van der Waals surface area contributed by atoms with Crippen LogP contribution in [0.25, 0.3) is 10.9 Å². The molecule has 0 fully saturated rings. The van der Waals surface area contributed by atoms with E-state index in [9.17, 15) is 4.79 Å². The number of rotatable bonds is 4. The number of carbonyl (C=O) groups excluding carboxylic acids is 1. The van der Waals surface area contributed by atoms with Crippen molar-refractivity contribution in [3.63, 3.8) is 0 Å². The molecule has 0 spiro atoms. The lowest BCUT2D eigenvalue weighted by Crippen LogP contribution is -2.20. The average Bonchev–Trinajstić information content (AvgIpc) is 2.55. The first-order valence-corrected chi connectivity index (χ1v) is 7.82. The summed E-state index contributed by atoms with van der Waals surface area (Å²) in [6, 6.07) is 17.0. The minimum atomic E-state index is -0.199. The van der Waals surface area contributed by atoms with Gasteiger partial charge in [0.25, 0.3) is 5.91 Å². The fourth-order valence-electron chi connectivity index (χ4n) is 2.08. The summed E-state index contributed by atoms with van der Waals surface area (Å²) in [6.07, 6.45) is 1.73. The Morgan fingerprint density at radius 1 is 1.09 bits per heavy atom. The monoisotopic (exact) mass is 404 g/mol. The van der Waals surface area contributed by atoms with E-state index in [0.29, 0.717) is 5.75 Å². The van der Waals surface area contributed by atoms with Crippen molar-refractivity contribution in [2.75, 3.05) is 11.9 Å². The lowest BCUT2D eigenvalue weighted by atomic mass is 10.2. The van der Waals surface area contributed by atoms with Crippen molar-refractivity contribution in [2.24, 2.45) is 0 Å². The molecule has 3 rings (SSSR count). The molecule has 3 aromatic rings. The van der Waals surface area contributed by atoms with Crippen LogP contribution < -0.4 is 10.1 Å². The summed E-state index contributed by atoms with van der Waals surface area (Å²) in [4.78, 5) is 16.3. The Hall–Kier alpha value is -2.15. The van der Waals surface area contributed by atoms with Crippen molar-refractivity contribution in [3.8, 4) is 5.75 Å². The van der Waals surface area contributed by atoms with Gasteiger partial charge in [-0.3, -0.25) is 9.78 Å². The molecule has 0 saturated carbocycles. The van der Waals surface area contributed by atoms with Crippen LogP contribution in [0.3, 0.4) is 0 Å². The molecular formula is C17H13IN2O2. The second kappa shape index (κ2) is 6.74. The van der Waals surface area contributed by atoms with E-state index in [4.69, 9.17) is 4.74 Å². The summed E-state index contributed by atoms with van der Waals surface area (Å²) in [5.41, 5.74) is 1.58. The van der Waals surface area contributed by atoms with E-state index in [-0.39, 0.29) is 12.5 Å². The predicted molar refractivity (Wildman–Crippen MR) is 95.0 cm³/mol. The number of amides is 1. The van der Waals surface area contributed by atoms with Gasteiger partial charge in [-0.15, -0.1) is 0 Å². The molecule has 4 nitrogen and oxygen atoms in total. The zero-order valence-corrected chi connectivity index (χ0v) is 13.8. The van der Waals surface area contributed by atoms with Crippen LogP contribution in [0.5, 0.6) is 5.75 Å². The highest BCUT2D eigenvalue weighted by atomic mass is 127. The number of ether oxygens (including phenoxy) is 1. The van der Waals surface area contributed by atoms with Crippen LogP contribution in [0.4, 0.5) is 5.69 Å². The molecule has 0 radical (unpaired) electrons. The van der Waals surface area contributed by atoms with Crippen LogP contribution >= 0.6 is 22.6 Å². The summed E-state index contributed by atoms with van der Waals surface area (Å²) in [5.74, 6) is 0.477. The molecule has 0 aliphatic carbocycles. The van der Waals surface area contributed by atoms with Crippen molar-refractivity contribution in [3.05, 3.63) is 64.4 Å². The van der Waals surface area contributed by atoms with Crippen molar-refractivity contribution in [1.29, 1.82) is 0 Å². The Morgan fingerprint density at radius 2 is 1.91 bits per heavy atom. The highest BCUT2D eigenvalue weighted by Crippen LogP contribution is 2.21. The first kappa shape index (κ1) is 14.8. The van der Waals surface area contributed by atoms with E-state index in [1.807, 2.05) is 54.6 Å². The number of nitrogens with zero attached hydrogens (tertiary/aromatic N) is 1. The van der Waals surface area contributed by atoms with Crippen LogP contribution in [0.1, 0.15) is 0 Å². The van der Waals surface area contributed by atoms with Gasteiger partial charge >= 0.3 is 0 Å². The summed E-state index contributed by atoms with van der Waals surface area (Å²) < 4.78 is 6.60. The van der Waals surface area contributed by atoms with Gasteiger partial charge in [0.05, 0.1) is 11.2 Å². The normalized spacial score (nSPS) is 10.4. The summed E-state index contributed by atoms with van der Waals surface area (Å²) in [6.45, 7) is -0.0305. The number of pyridine rings is 1. The SMILES string of the molecule is O=C(COc1ccc(I)cc1)Nc1cccc2ncccc12. The number of hydrogen-bond donors (Lipinski definition) is 1. The zero-order valence-electron chi connectivity index (χ0n) is 11.6. The Balaban J connectivity index is 1.67. The van der Waals surface area contributed by atoms with Crippen molar-refractivity contribution < 1.29 is 9.53 Å². The number of carbonyl (C=O) groups is 1. The Morgan fingerprint density at radius 3 is 2.73 bits per heavy atom. The number of benzene rings is 2. The smallest absolute Gasteiger partial charge is 0.262 e. The van der Waals surface area contributed by atoms with E-state index >= 15 is 0 Å². The molecule has 1 amide bonds. The van der Waals surface area contributed by atoms with Gasteiger partial charge in [0.2, 0.25) is 0 Å². The van der Waals surface area contributed by atoms with Gasteiger partial charge in [0.1, 0.15) is 5.75 Å². The number of halogens is 1. The van der Waals surface area contributed by atoms with Crippen LogP contribution in [-0.4, -0.2) is 17.5 Å². The van der Waals surface area contributed by atoms with Crippen LogP contribution in [0.2, 0.25) is 0 Å². The van der Waals surface area contributed by atoms with Gasteiger partial charge in [0.15, 0.2) is 6.61 Å². The molecule has 1 heterocycles. The molecule has 0 saturated heterocycles. The molecule has 0 unspecified atom stereocenters. The number of fused-ring (bicyclic) bond motifs is 1. The van der Waals surface area contributed by atoms with E-state index in [0.717, 1.165) is 20.2 Å². The van der Waals surface area contributed by atoms with Gasteiger partial charge < -0.3 is 10.1 Å². The maximum Gasteiger partial charge on any atom is 0.262 e. The molecule has 110 valence electrons. The molecule has 1 aromatic heterocycles. The van der Waals surface area contributed by atoms with Gasteiger partial charge in [-0.05, 0) is 71.1 Å². The number of hydrogen-bond acceptors (Lipinski definition) is 3. The van der Waals surface area contributed by atoms with Crippen LogP contribution in [0.15, 0.2) is 60.8 Å². The molecule has 0 atom stereocenters. The molecule has 5 heteroatoms. The first-order chi connectivity index (χ1) is 10.7. The third kappa shape index (κ3) is 3.54.